The maximum Gasteiger partial charge on any atom is 2.00 e. The van der Waals surface area contributed by atoms with Crippen molar-refractivity contribution in [1.29, 1.82) is 0 Å². The molecule has 0 aromatic rings. The summed E-state index contributed by atoms with van der Waals surface area (Å²) in [5.74, 6) is 0. The van der Waals surface area contributed by atoms with Crippen LogP contribution in [0.25, 0.3) is 5.53 Å². The molecule has 0 fully saturated rings. The summed E-state index contributed by atoms with van der Waals surface area (Å²) in [6, 6.07) is 0. The molecule has 0 aliphatic rings. The van der Waals surface area contributed by atoms with Gasteiger partial charge >= 0.3 is 19.5 Å². The van der Waals surface area contributed by atoms with Crippen molar-refractivity contribution >= 4 is 0 Å². The zero-order chi connectivity index (χ0) is 3.41. The molecule has 2 nitrogen and oxygen atoms in total. The van der Waals surface area contributed by atoms with Crippen LogP contribution in [0.2, 0.25) is 0 Å². The molecule has 0 rings (SSSR count). The van der Waals surface area contributed by atoms with Crippen molar-refractivity contribution in [3.8, 4) is 0 Å². The second-order valence-electron chi connectivity index (χ2n) is 0.265. The van der Waals surface area contributed by atoms with Crippen LogP contribution < -0.4 is 0 Å². The van der Waals surface area contributed by atoms with Gasteiger partial charge in [0, 0.05) is 0 Å². The Morgan fingerprint density at radius 2 is 2.00 bits per heavy atom. The Hall–Kier alpha value is -0.0366. The SMILES string of the molecule is [CH-]=CN=[N-].[Zn+2]. The first-order chi connectivity index (χ1) is 1.91. The van der Waals surface area contributed by atoms with E-state index in [0.29, 0.717) is 0 Å². The Kier molecular flexibility index (Phi) is 16.0. The van der Waals surface area contributed by atoms with Gasteiger partial charge in [0.15, 0.2) is 0 Å². The minimum absolute atomic E-state index is 0. The summed E-state index contributed by atoms with van der Waals surface area (Å²) < 4.78 is 0. The van der Waals surface area contributed by atoms with Gasteiger partial charge in [-0.2, -0.15) is 6.20 Å². The maximum absolute atomic E-state index is 7.32. The first-order valence-corrected chi connectivity index (χ1v) is 0.792. The Labute approximate surface area is 43.5 Å². The third-order valence-corrected chi connectivity index (χ3v) is 0.0667. The van der Waals surface area contributed by atoms with Crippen molar-refractivity contribution in [2.75, 3.05) is 0 Å². The second-order valence-corrected chi connectivity index (χ2v) is 0.265. The minimum atomic E-state index is 0. The third-order valence-electron chi connectivity index (χ3n) is 0.0667. The van der Waals surface area contributed by atoms with Crippen LogP contribution in [0.3, 0.4) is 0 Å². The van der Waals surface area contributed by atoms with E-state index in [1.165, 1.54) is 0 Å². The van der Waals surface area contributed by atoms with Crippen LogP contribution in [-0.2, 0) is 19.5 Å². The first-order valence-electron chi connectivity index (χ1n) is 0.792. The summed E-state index contributed by atoms with van der Waals surface area (Å²) in [6.45, 7) is 4.49. The molecule has 0 bridgehead atoms. The van der Waals surface area contributed by atoms with Gasteiger partial charge in [0.05, 0.1) is 0 Å². The Morgan fingerprint density at radius 3 is 2.00 bits per heavy atom. The van der Waals surface area contributed by atoms with Gasteiger partial charge < -0.3 is 17.2 Å². The van der Waals surface area contributed by atoms with E-state index in [1.54, 1.807) is 0 Å². The molecule has 0 saturated heterocycles. The topological polar surface area (TPSA) is 34.7 Å². The molecule has 0 spiro atoms. The normalized spacial score (nSPS) is 4.00. The van der Waals surface area contributed by atoms with Crippen LogP contribution in [0.4, 0.5) is 0 Å². The van der Waals surface area contributed by atoms with Crippen molar-refractivity contribution in [2.45, 2.75) is 0 Å². The molecule has 0 radical (unpaired) electrons. The van der Waals surface area contributed by atoms with Gasteiger partial charge in [0.2, 0.25) is 0 Å². The molecule has 0 unspecified atom stereocenters. The second kappa shape index (κ2) is 9.03. The van der Waals surface area contributed by atoms with Crippen LogP contribution in [-0.4, -0.2) is 0 Å². The van der Waals surface area contributed by atoms with Crippen molar-refractivity contribution in [2.24, 2.45) is 5.11 Å². The molecule has 22 valence electrons. The van der Waals surface area contributed by atoms with Gasteiger partial charge in [0.25, 0.3) is 0 Å². The summed E-state index contributed by atoms with van der Waals surface area (Å²) in [5, 5.41) is 2.39. The van der Waals surface area contributed by atoms with Crippen LogP contribution in [0.1, 0.15) is 0 Å². The van der Waals surface area contributed by atoms with Crippen LogP contribution in [0.5, 0.6) is 0 Å². The standard InChI is InChI=1S/C2H2N2.Zn/c1-2-4-3;/h1-2H;/q-2;+2. The van der Waals surface area contributed by atoms with E-state index in [0.717, 1.165) is 6.20 Å². The molecule has 0 aliphatic carbocycles. The van der Waals surface area contributed by atoms with E-state index in [2.05, 4.69) is 11.7 Å². The fourth-order valence-corrected chi connectivity index (χ4v) is 0. The summed E-state index contributed by atoms with van der Waals surface area (Å²) >= 11 is 0. The molecular weight excluding hydrogens is 117 g/mol. The fourth-order valence-electron chi connectivity index (χ4n) is 0. The van der Waals surface area contributed by atoms with Gasteiger partial charge in [-0.05, 0) is 0 Å². The zero-order valence-electron chi connectivity index (χ0n) is 2.76. The Balaban J connectivity index is 0. The number of nitrogens with zero attached hydrogens (tertiary/aromatic N) is 2. The van der Waals surface area contributed by atoms with Crippen molar-refractivity contribution in [3.05, 3.63) is 18.3 Å². The number of hydrogen-bond donors (Lipinski definition) is 0. The van der Waals surface area contributed by atoms with E-state index in [9.17, 15) is 0 Å². The average Bonchev–Trinajstić information content (AvgIpc) is 1.37. The molecule has 0 aliphatic heterocycles. The Morgan fingerprint density at radius 1 is 1.80 bits per heavy atom. The predicted molar refractivity (Wildman–Crippen MR) is 14.7 cm³/mol. The largest absolute Gasteiger partial charge is 2.00 e. The molecule has 0 heterocycles. The molecule has 0 aromatic heterocycles. The zero-order valence-corrected chi connectivity index (χ0v) is 5.72. The van der Waals surface area contributed by atoms with E-state index in [4.69, 9.17) is 5.53 Å². The number of hydrogen-bond acceptors (Lipinski definition) is 1. The van der Waals surface area contributed by atoms with Gasteiger partial charge in [-0.15, -0.1) is 0 Å². The van der Waals surface area contributed by atoms with Gasteiger partial charge in [-0.3, -0.25) is 0 Å². The monoisotopic (exact) mass is 118 g/mol. The molecule has 0 atom stereocenters. The van der Waals surface area contributed by atoms with Gasteiger partial charge in [-0.25, -0.2) is 0 Å². The summed E-state index contributed by atoms with van der Waals surface area (Å²) in [7, 11) is 0. The first kappa shape index (κ1) is 8.88. The van der Waals surface area contributed by atoms with Crippen LogP contribution in [0.15, 0.2) is 11.3 Å². The predicted octanol–water partition coefficient (Wildman–Crippen LogP) is 0.952. The van der Waals surface area contributed by atoms with Crippen molar-refractivity contribution < 1.29 is 19.5 Å². The van der Waals surface area contributed by atoms with Crippen molar-refractivity contribution in [1.82, 2.24) is 0 Å². The average molecular weight is 119 g/mol. The fraction of sp³-hybridized carbons (Fsp3) is 0. The number of rotatable bonds is 1. The Bertz CT molecular complexity index is 28.6. The van der Waals surface area contributed by atoms with E-state index in [-0.39, 0.29) is 19.5 Å². The van der Waals surface area contributed by atoms with E-state index < -0.39 is 0 Å². The molecular formula is C2H2N2Zn. The van der Waals surface area contributed by atoms with E-state index >= 15 is 0 Å². The molecule has 0 saturated carbocycles. The van der Waals surface area contributed by atoms with E-state index in [1.807, 2.05) is 0 Å². The van der Waals surface area contributed by atoms with Crippen LogP contribution >= 0.6 is 0 Å². The summed E-state index contributed by atoms with van der Waals surface area (Å²) in [4.78, 5) is 0. The van der Waals surface area contributed by atoms with Gasteiger partial charge in [0.1, 0.15) is 0 Å². The summed E-state index contributed by atoms with van der Waals surface area (Å²) in [6.07, 6.45) is 0.806. The molecule has 0 aromatic carbocycles. The quantitative estimate of drug-likeness (QED) is 0.280. The smallest absolute Gasteiger partial charge is 0.710 e. The van der Waals surface area contributed by atoms with Crippen molar-refractivity contribution in [3.63, 3.8) is 0 Å². The molecule has 0 N–H and O–H groups in total. The molecule has 0 amide bonds. The maximum atomic E-state index is 7.32. The minimum Gasteiger partial charge on any atom is -0.710 e. The third kappa shape index (κ3) is 16.5. The summed E-state index contributed by atoms with van der Waals surface area (Å²) in [5.41, 5.74) is 7.32. The van der Waals surface area contributed by atoms with Gasteiger partial charge in [-0.1, -0.05) is 0 Å². The molecule has 5 heavy (non-hydrogen) atoms. The molecule has 3 heteroatoms. The van der Waals surface area contributed by atoms with Crippen LogP contribution in [0, 0.1) is 6.58 Å².